The van der Waals surface area contributed by atoms with Crippen LogP contribution in [0.15, 0.2) is 11.1 Å². The van der Waals surface area contributed by atoms with Gasteiger partial charge in [0.2, 0.25) is 5.03 Å². The summed E-state index contributed by atoms with van der Waals surface area (Å²) in [4.78, 5) is 3.30. The lowest BCUT2D eigenvalue weighted by Crippen LogP contribution is -2.01. The summed E-state index contributed by atoms with van der Waals surface area (Å²) in [6, 6.07) is 0.634. The Morgan fingerprint density at radius 1 is 1.53 bits per heavy atom. The highest BCUT2D eigenvalue weighted by Gasteiger charge is 2.23. The SMILES string of the molecule is O=S(=O)(Cl)c1nc(I)c(C(F)F)cc1O. The zero-order valence-corrected chi connectivity index (χ0v) is 10.5. The van der Waals surface area contributed by atoms with Crippen molar-refractivity contribution in [2.24, 2.45) is 0 Å². The third kappa shape index (κ3) is 2.88. The highest BCUT2D eigenvalue weighted by Crippen LogP contribution is 2.31. The van der Waals surface area contributed by atoms with Gasteiger partial charge >= 0.3 is 0 Å². The van der Waals surface area contributed by atoms with Gasteiger partial charge in [0.1, 0.15) is 3.70 Å². The van der Waals surface area contributed by atoms with Gasteiger partial charge in [-0.15, -0.1) is 0 Å². The molecule has 9 heteroatoms. The van der Waals surface area contributed by atoms with E-state index in [2.05, 4.69) is 4.98 Å². The highest BCUT2D eigenvalue weighted by atomic mass is 127. The normalized spacial score (nSPS) is 12.1. The lowest BCUT2D eigenvalue weighted by molar-refractivity contribution is 0.149. The molecular weight excluding hydrogens is 366 g/mol. The quantitative estimate of drug-likeness (QED) is 0.493. The van der Waals surface area contributed by atoms with Gasteiger partial charge in [-0.05, 0) is 28.7 Å². The first kappa shape index (κ1) is 12.8. The Kier molecular flexibility index (Phi) is 3.71. The molecule has 4 nitrogen and oxygen atoms in total. The van der Waals surface area contributed by atoms with Crippen LogP contribution in [-0.4, -0.2) is 18.5 Å². The van der Waals surface area contributed by atoms with Crippen LogP contribution in [0.1, 0.15) is 12.0 Å². The van der Waals surface area contributed by atoms with Crippen molar-refractivity contribution >= 4 is 42.3 Å². The van der Waals surface area contributed by atoms with E-state index in [9.17, 15) is 17.2 Å². The zero-order chi connectivity index (χ0) is 11.8. The summed E-state index contributed by atoms with van der Waals surface area (Å²) in [6.45, 7) is 0. The van der Waals surface area contributed by atoms with Crippen molar-refractivity contribution in [1.82, 2.24) is 4.98 Å². The molecule has 0 aliphatic heterocycles. The summed E-state index contributed by atoms with van der Waals surface area (Å²) in [5, 5.41) is 8.32. The summed E-state index contributed by atoms with van der Waals surface area (Å²) in [5.74, 6) is -0.888. The summed E-state index contributed by atoms with van der Waals surface area (Å²) < 4.78 is 46.1. The molecule has 0 saturated carbocycles. The summed E-state index contributed by atoms with van der Waals surface area (Å²) in [7, 11) is 0.690. The van der Waals surface area contributed by atoms with Crippen LogP contribution in [0.25, 0.3) is 0 Å². The molecule has 1 aromatic rings. The van der Waals surface area contributed by atoms with E-state index in [1.165, 1.54) is 22.6 Å². The van der Waals surface area contributed by atoms with Crippen molar-refractivity contribution in [3.63, 3.8) is 0 Å². The van der Waals surface area contributed by atoms with E-state index in [-0.39, 0.29) is 3.70 Å². The van der Waals surface area contributed by atoms with Crippen molar-refractivity contribution in [2.75, 3.05) is 0 Å². The van der Waals surface area contributed by atoms with E-state index >= 15 is 0 Å². The molecule has 15 heavy (non-hydrogen) atoms. The maximum Gasteiger partial charge on any atom is 0.282 e. The predicted octanol–water partition coefficient (Wildman–Crippen LogP) is 2.26. The van der Waals surface area contributed by atoms with Gasteiger partial charge in [-0.25, -0.2) is 22.2 Å². The number of alkyl halides is 2. The average molecular weight is 370 g/mol. The third-order valence-corrected chi connectivity index (χ3v) is 3.48. The van der Waals surface area contributed by atoms with Crippen molar-refractivity contribution in [3.05, 3.63) is 15.3 Å². The van der Waals surface area contributed by atoms with Crippen LogP contribution in [0.3, 0.4) is 0 Å². The van der Waals surface area contributed by atoms with E-state index < -0.39 is 31.8 Å². The Labute approximate surface area is 102 Å². The van der Waals surface area contributed by atoms with Gasteiger partial charge in [-0.1, -0.05) is 0 Å². The van der Waals surface area contributed by atoms with E-state index in [0.29, 0.717) is 6.07 Å². The first-order valence-electron chi connectivity index (χ1n) is 3.35. The van der Waals surface area contributed by atoms with Crippen LogP contribution >= 0.6 is 33.3 Å². The number of halogens is 4. The van der Waals surface area contributed by atoms with E-state index in [1.807, 2.05) is 0 Å². The molecule has 0 spiro atoms. The Morgan fingerprint density at radius 3 is 2.47 bits per heavy atom. The Morgan fingerprint density at radius 2 is 2.07 bits per heavy atom. The molecule has 0 aliphatic carbocycles. The van der Waals surface area contributed by atoms with Gasteiger partial charge in [0.05, 0.1) is 5.56 Å². The molecular formula is C6H3ClF2INO3S. The Balaban J connectivity index is 3.46. The molecule has 1 rings (SSSR count). The molecule has 0 aromatic carbocycles. The maximum atomic E-state index is 12.3. The zero-order valence-electron chi connectivity index (χ0n) is 6.79. The fraction of sp³-hybridized carbons (Fsp3) is 0.167. The number of pyridine rings is 1. The van der Waals surface area contributed by atoms with Crippen molar-refractivity contribution in [2.45, 2.75) is 11.5 Å². The van der Waals surface area contributed by atoms with E-state index in [4.69, 9.17) is 15.8 Å². The number of aromatic nitrogens is 1. The molecule has 1 heterocycles. The number of hydrogen-bond acceptors (Lipinski definition) is 4. The molecule has 0 fully saturated rings. The second-order valence-corrected chi connectivity index (χ2v) is 5.93. The van der Waals surface area contributed by atoms with Crippen LogP contribution in [0.2, 0.25) is 0 Å². The Hall–Kier alpha value is -0.220. The van der Waals surface area contributed by atoms with Crippen molar-refractivity contribution in [1.29, 1.82) is 0 Å². The number of rotatable bonds is 2. The van der Waals surface area contributed by atoms with Gasteiger partial charge in [-0.3, -0.25) is 0 Å². The number of nitrogens with zero attached hydrogens (tertiary/aromatic N) is 1. The summed E-state index contributed by atoms with van der Waals surface area (Å²) >= 11 is 1.43. The second-order valence-electron chi connectivity index (χ2n) is 2.43. The summed E-state index contributed by atoms with van der Waals surface area (Å²) in [5.41, 5.74) is -0.544. The first-order chi connectivity index (χ1) is 6.73. The molecule has 0 bridgehead atoms. The largest absolute Gasteiger partial charge is 0.505 e. The molecule has 0 atom stereocenters. The monoisotopic (exact) mass is 369 g/mol. The lowest BCUT2D eigenvalue weighted by atomic mass is 10.3. The van der Waals surface area contributed by atoms with Gasteiger partial charge in [0, 0.05) is 10.7 Å². The molecule has 84 valence electrons. The van der Waals surface area contributed by atoms with Crippen molar-refractivity contribution < 1.29 is 22.3 Å². The average Bonchev–Trinajstić information content (AvgIpc) is 2.06. The maximum absolute atomic E-state index is 12.3. The van der Waals surface area contributed by atoms with E-state index in [1.54, 1.807) is 0 Å². The minimum Gasteiger partial charge on any atom is -0.505 e. The van der Waals surface area contributed by atoms with Crippen molar-refractivity contribution in [3.8, 4) is 5.75 Å². The predicted molar refractivity (Wildman–Crippen MR) is 56.6 cm³/mol. The van der Waals surface area contributed by atoms with Crippen LogP contribution in [0, 0.1) is 3.70 Å². The first-order valence-corrected chi connectivity index (χ1v) is 6.74. The minimum atomic E-state index is -4.24. The molecule has 0 unspecified atom stereocenters. The topological polar surface area (TPSA) is 67.3 Å². The van der Waals surface area contributed by atoms with Gasteiger partial charge < -0.3 is 5.11 Å². The Bertz CT molecular complexity index is 493. The fourth-order valence-corrected chi connectivity index (χ4v) is 2.46. The van der Waals surface area contributed by atoms with Gasteiger partial charge in [0.15, 0.2) is 5.75 Å². The van der Waals surface area contributed by atoms with Gasteiger partial charge in [0.25, 0.3) is 15.5 Å². The lowest BCUT2D eigenvalue weighted by Gasteiger charge is -2.05. The molecule has 0 aliphatic rings. The van der Waals surface area contributed by atoms with E-state index in [0.717, 1.165) is 0 Å². The van der Waals surface area contributed by atoms with Crippen LogP contribution in [0.5, 0.6) is 5.75 Å². The van der Waals surface area contributed by atoms with Crippen LogP contribution in [0.4, 0.5) is 8.78 Å². The van der Waals surface area contributed by atoms with Crippen LogP contribution in [-0.2, 0) is 9.05 Å². The fourth-order valence-electron chi connectivity index (χ4n) is 0.812. The molecule has 0 saturated heterocycles. The molecule has 0 amide bonds. The molecule has 1 aromatic heterocycles. The standard InChI is InChI=1S/C6H3ClF2INO3S/c7-15(13,14)6-3(12)1-2(4(8)9)5(10)11-6/h1,4,12H. The molecule has 0 radical (unpaired) electrons. The highest BCUT2D eigenvalue weighted by molar-refractivity contribution is 14.1. The molecule has 1 N–H and O–H groups in total. The third-order valence-electron chi connectivity index (χ3n) is 1.42. The second kappa shape index (κ2) is 4.34. The van der Waals surface area contributed by atoms with Crippen LogP contribution < -0.4 is 0 Å². The summed E-state index contributed by atoms with van der Waals surface area (Å²) in [6.07, 6.45) is -2.85. The number of aromatic hydroxyl groups is 1. The minimum absolute atomic E-state index is 0.223. The van der Waals surface area contributed by atoms with Gasteiger partial charge in [-0.2, -0.15) is 0 Å². The number of hydrogen-bond donors (Lipinski definition) is 1. The smallest absolute Gasteiger partial charge is 0.282 e.